The van der Waals surface area contributed by atoms with E-state index in [2.05, 4.69) is 15.5 Å². The van der Waals surface area contributed by atoms with Gasteiger partial charge < -0.3 is 15.5 Å². The molecule has 0 aromatic rings. The molecule has 0 aromatic heterocycles. The van der Waals surface area contributed by atoms with Crippen LogP contribution in [0, 0.1) is 5.92 Å². The lowest BCUT2D eigenvalue weighted by Gasteiger charge is -2.33. The molecule has 4 rings (SSSR count). The van der Waals surface area contributed by atoms with Gasteiger partial charge in [-0.2, -0.15) is 0 Å². The number of likely N-dealkylation sites (tertiary alicyclic amines) is 1. The Morgan fingerprint density at radius 1 is 0.952 bits per heavy atom. The lowest BCUT2D eigenvalue weighted by Crippen LogP contribution is -2.45. The minimum absolute atomic E-state index is 0.326. The number of nitrogens with zero attached hydrogens (tertiary/aromatic N) is 2. The van der Waals surface area contributed by atoms with Crippen LogP contribution in [0.15, 0.2) is 16.4 Å². The first-order chi connectivity index (χ1) is 10.4. The summed E-state index contributed by atoms with van der Waals surface area (Å²) in [4.78, 5) is 7.76. The molecular weight excluding hydrogens is 260 g/mol. The lowest BCUT2D eigenvalue weighted by molar-refractivity contribution is 0.410. The van der Waals surface area contributed by atoms with Crippen molar-refractivity contribution in [2.24, 2.45) is 10.9 Å². The summed E-state index contributed by atoms with van der Waals surface area (Å²) in [5.74, 6) is 3.40. The predicted molar refractivity (Wildman–Crippen MR) is 86.0 cm³/mol. The van der Waals surface area contributed by atoms with E-state index in [0.717, 1.165) is 12.5 Å². The Bertz CT molecular complexity index is 442. The molecule has 0 spiro atoms. The summed E-state index contributed by atoms with van der Waals surface area (Å²) in [5, 5.41) is 7.34. The molecule has 1 atom stereocenters. The second kappa shape index (κ2) is 5.90. The van der Waals surface area contributed by atoms with Crippen molar-refractivity contribution in [2.45, 2.75) is 64.0 Å². The van der Waals surface area contributed by atoms with Crippen molar-refractivity contribution >= 4 is 5.84 Å². The molecule has 0 aromatic carbocycles. The maximum Gasteiger partial charge on any atom is 0.132 e. The first kappa shape index (κ1) is 13.5. The van der Waals surface area contributed by atoms with Crippen LogP contribution in [0.3, 0.4) is 0 Å². The van der Waals surface area contributed by atoms with Gasteiger partial charge in [-0.05, 0) is 50.9 Å². The van der Waals surface area contributed by atoms with Crippen molar-refractivity contribution < 1.29 is 0 Å². The first-order valence-electron chi connectivity index (χ1n) is 8.98. The summed E-state index contributed by atoms with van der Waals surface area (Å²) < 4.78 is 0. The van der Waals surface area contributed by atoms with Crippen LogP contribution < -0.4 is 10.6 Å². The molecule has 2 fully saturated rings. The molecule has 3 heterocycles. The van der Waals surface area contributed by atoms with Gasteiger partial charge in [0.1, 0.15) is 17.8 Å². The third kappa shape index (κ3) is 2.90. The fourth-order valence-electron chi connectivity index (χ4n) is 3.81. The number of hydrogen-bond donors (Lipinski definition) is 2. The van der Waals surface area contributed by atoms with Crippen molar-refractivity contribution in [2.75, 3.05) is 19.6 Å². The van der Waals surface area contributed by atoms with E-state index in [1.165, 1.54) is 88.1 Å². The van der Waals surface area contributed by atoms with Crippen LogP contribution >= 0.6 is 0 Å². The van der Waals surface area contributed by atoms with Crippen molar-refractivity contribution in [3.8, 4) is 0 Å². The molecule has 1 saturated heterocycles. The zero-order valence-corrected chi connectivity index (χ0v) is 13.0. The standard InChI is InChI=1S/C17H28N4/c1-2-6-12-21(11-5-1)17-14-7-3-4-10-18-16(14)19-15(20-17)13-8-9-13/h13,15,18-19H,1-12H2. The van der Waals surface area contributed by atoms with E-state index in [1.807, 2.05) is 0 Å². The highest BCUT2D eigenvalue weighted by Crippen LogP contribution is 2.36. The van der Waals surface area contributed by atoms with Gasteiger partial charge in [-0.15, -0.1) is 0 Å². The molecule has 0 amide bonds. The van der Waals surface area contributed by atoms with Crippen molar-refractivity contribution in [3.05, 3.63) is 11.4 Å². The van der Waals surface area contributed by atoms with Gasteiger partial charge in [0.15, 0.2) is 0 Å². The van der Waals surface area contributed by atoms with Crippen LogP contribution in [0.25, 0.3) is 0 Å². The lowest BCUT2D eigenvalue weighted by atomic mass is 10.1. The summed E-state index contributed by atoms with van der Waals surface area (Å²) in [6, 6.07) is 0. The van der Waals surface area contributed by atoms with Crippen molar-refractivity contribution in [3.63, 3.8) is 0 Å². The zero-order chi connectivity index (χ0) is 14.1. The average Bonchev–Trinajstić information content (AvgIpc) is 3.33. The SMILES string of the molecule is C1CCCN(C2=NC(C3CC3)NC3=C2CCCCN3)CC1. The molecule has 4 heteroatoms. The predicted octanol–water partition coefficient (Wildman–Crippen LogP) is 2.59. The zero-order valence-electron chi connectivity index (χ0n) is 13.0. The summed E-state index contributed by atoms with van der Waals surface area (Å²) in [6.45, 7) is 3.51. The molecule has 0 bridgehead atoms. The molecule has 21 heavy (non-hydrogen) atoms. The molecule has 4 aliphatic rings. The summed E-state index contributed by atoms with van der Waals surface area (Å²) in [6.07, 6.45) is 12.2. The molecular formula is C17H28N4. The molecule has 2 N–H and O–H groups in total. The Balaban J connectivity index is 1.62. The van der Waals surface area contributed by atoms with Crippen LogP contribution in [0.4, 0.5) is 0 Å². The summed E-state index contributed by atoms with van der Waals surface area (Å²) in [5.41, 5.74) is 1.46. The fraction of sp³-hybridized carbons (Fsp3) is 0.824. The largest absolute Gasteiger partial charge is 0.372 e. The van der Waals surface area contributed by atoms with Crippen molar-refractivity contribution in [1.82, 2.24) is 15.5 Å². The second-order valence-corrected chi connectivity index (χ2v) is 7.02. The van der Waals surface area contributed by atoms with E-state index < -0.39 is 0 Å². The van der Waals surface area contributed by atoms with E-state index >= 15 is 0 Å². The minimum atomic E-state index is 0.326. The van der Waals surface area contributed by atoms with Gasteiger partial charge in [0.05, 0.1) is 0 Å². The maximum absolute atomic E-state index is 5.17. The quantitative estimate of drug-likeness (QED) is 0.779. The molecule has 1 saturated carbocycles. The molecule has 0 radical (unpaired) electrons. The number of amidine groups is 1. The highest BCUT2D eigenvalue weighted by molar-refractivity contribution is 5.99. The van der Waals surface area contributed by atoms with E-state index in [-0.39, 0.29) is 0 Å². The van der Waals surface area contributed by atoms with Gasteiger partial charge in [0, 0.05) is 25.2 Å². The fourth-order valence-corrected chi connectivity index (χ4v) is 3.81. The van der Waals surface area contributed by atoms with Crippen LogP contribution in [0.5, 0.6) is 0 Å². The van der Waals surface area contributed by atoms with Gasteiger partial charge in [-0.1, -0.05) is 12.8 Å². The highest BCUT2D eigenvalue weighted by atomic mass is 15.3. The first-order valence-corrected chi connectivity index (χ1v) is 8.98. The van der Waals surface area contributed by atoms with Crippen LogP contribution in [0.1, 0.15) is 57.8 Å². The highest BCUT2D eigenvalue weighted by Gasteiger charge is 2.36. The third-order valence-corrected chi connectivity index (χ3v) is 5.25. The molecule has 1 unspecified atom stereocenters. The van der Waals surface area contributed by atoms with Gasteiger partial charge in [0.25, 0.3) is 0 Å². The molecule has 116 valence electrons. The number of nitrogens with one attached hydrogen (secondary N) is 2. The van der Waals surface area contributed by atoms with Gasteiger partial charge in [0.2, 0.25) is 0 Å². The van der Waals surface area contributed by atoms with Gasteiger partial charge in [-0.25, -0.2) is 4.99 Å². The maximum atomic E-state index is 5.17. The van der Waals surface area contributed by atoms with E-state index in [4.69, 9.17) is 4.99 Å². The van der Waals surface area contributed by atoms with Gasteiger partial charge >= 0.3 is 0 Å². The van der Waals surface area contributed by atoms with Crippen molar-refractivity contribution in [1.29, 1.82) is 0 Å². The number of rotatable bonds is 1. The summed E-state index contributed by atoms with van der Waals surface area (Å²) >= 11 is 0. The smallest absolute Gasteiger partial charge is 0.132 e. The average molecular weight is 288 g/mol. The number of aliphatic imine (C=N–C) groups is 1. The molecule has 3 aliphatic heterocycles. The van der Waals surface area contributed by atoms with E-state index in [0.29, 0.717) is 6.17 Å². The van der Waals surface area contributed by atoms with E-state index in [9.17, 15) is 0 Å². The van der Waals surface area contributed by atoms with E-state index in [1.54, 1.807) is 0 Å². The van der Waals surface area contributed by atoms with Gasteiger partial charge in [-0.3, -0.25) is 0 Å². The number of hydrogen-bond acceptors (Lipinski definition) is 4. The van der Waals surface area contributed by atoms with Crippen LogP contribution in [-0.2, 0) is 0 Å². The monoisotopic (exact) mass is 288 g/mol. The topological polar surface area (TPSA) is 39.7 Å². The van der Waals surface area contributed by atoms with Crippen LogP contribution in [-0.4, -0.2) is 36.5 Å². The third-order valence-electron chi connectivity index (χ3n) is 5.25. The Labute approximate surface area is 128 Å². The Morgan fingerprint density at radius 3 is 2.52 bits per heavy atom. The minimum Gasteiger partial charge on any atom is -0.372 e. The second-order valence-electron chi connectivity index (χ2n) is 7.02. The van der Waals surface area contributed by atoms with Crippen LogP contribution in [0.2, 0.25) is 0 Å². The summed E-state index contributed by atoms with van der Waals surface area (Å²) in [7, 11) is 0. The Morgan fingerprint density at radius 2 is 1.76 bits per heavy atom. The normalized spacial score (nSPS) is 30.6. The molecule has 1 aliphatic carbocycles. The Kier molecular flexibility index (Phi) is 3.78. The Hall–Kier alpha value is -1.19. The molecule has 4 nitrogen and oxygen atoms in total.